The highest BCUT2D eigenvalue weighted by molar-refractivity contribution is 6.30. The van der Waals surface area contributed by atoms with E-state index in [-0.39, 0.29) is 11.6 Å². The van der Waals surface area contributed by atoms with Gasteiger partial charge in [0.05, 0.1) is 23.4 Å². The smallest absolute Gasteiger partial charge is 0.268 e. The van der Waals surface area contributed by atoms with Gasteiger partial charge < -0.3 is 20.7 Å². The van der Waals surface area contributed by atoms with E-state index >= 15 is 0 Å². The number of carbonyl (C=O) groups excluding carboxylic acids is 1. The predicted molar refractivity (Wildman–Crippen MR) is 105 cm³/mol. The van der Waals surface area contributed by atoms with Crippen LogP contribution in [0.5, 0.6) is 0 Å². The highest BCUT2D eigenvalue weighted by Gasteiger charge is 2.18. The number of carbonyl (C=O) groups is 1. The van der Waals surface area contributed by atoms with Gasteiger partial charge in [0.1, 0.15) is 11.5 Å². The Labute approximate surface area is 166 Å². The van der Waals surface area contributed by atoms with E-state index in [1.807, 2.05) is 6.92 Å². The van der Waals surface area contributed by atoms with Gasteiger partial charge in [0.25, 0.3) is 5.91 Å². The molecule has 2 heterocycles. The normalized spacial score (nSPS) is 11.9. The molecule has 4 N–H and O–H groups in total. The highest BCUT2D eigenvalue weighted by Crippen LogP contribution is 2.24. The minimum atomic E-state index is -0.728. The maximum Gasteiger partial charge on any atom is 0.268 e. The molecule has 0 saturated carbocycles. The zero-order valence-corrected chi connectivity index (χ0v) is 16.0. The van der Waals surface area contributed by atoms with E-state index in [2.05, 4.69) is 25.6 Å². The zero-order valence-electron chi connectivity index (χ0n) is 15.3. The van der Waals surface area contributed by atoms with Crippen LogP contribution in [0.3, 0.4) is 0 Å². The maximum absolute atomic E-state index is 13.3. The second-order valence-corrected chi connectivity index (χ2v) is 6.57. The summed E-state index contributed by atoms with van der Waals surface area (Å²) in [5, 5.41) is 15.1. The number of nitrogens with one attached hydrogen (secondary N) is 3. The van der Waals surface area contributed by atoms with Gasteiger partial charge in [-0.25, -0.2) is 14.4 Å². The van der Waals surface area contributed by atoms with Gasteiger partial charge in [-0.15, -0.1) is 0 Å². The Kier molecular flexibility index (Phi) is 5.91. The summed E-state index contributed by atoms with van der Waals surface area (Å²) in [6.07, 6.45) is 3.37. The molecule has 0 fully saturated rings. The monoisotopic (exact) mass is 403 g/mol. The van der Waals surface area contributed by atoms with E-state index < -0.39 is 17.8 Å². The number of aromatic amines is 1. The van der Waals surface area contributed by atoms with Crippen LogP contribution in [0.2, 0.25) is 5.02 Å². The molecule has 1 unspecified atom stereocenters. The average molecular weight is 404 g/mol. The van der Waals surface area contributed by atoms with Crippen molar-refractivity contribution in [2.24, 2.45) is 0 Å². The van der Waals surface area contributed by atoms with Crippen molar-refractivity contribution >= 4 is 23.5 Å². The minimum Gasteiger partial charge on any atom is -0.394 e. The molecule has 1 atom stereocenters. The van der Waals surface area contributed by atoms with Crippen molar-refractivity contribution < 1.29 is 14.3 Å². The molecule has 146 valence electrons. The highest BCUT2D eigenvalue weighted by atomic mass is 35.5. The van der Waals surface area contributed by atoms with E-state index in [0.717, 1.165) is 11.1 Å². The molecule has 3 aromatic rings. The van der Waals surface area contributed by atoms with Crippen LogP contribution in [0.1, 0.15) is 27.7 Å². The number of aromatic nitrogens is 3. The number of nitrogens with zero attached hydrogens (tertiary/aromatic N) is 2. The molecule has 0 aliphatic rings. The maximum atomic E-state index is 13.3. The van der Waals surface area contributed by atoms with Crippen molar-refractivity contribution in [3.05, 3.63) is 64.3 Å². The van der Waals surface area contributed by atoms with Crippen LogP contribution in [-0.4, -0.2) is 39.6 Å². The van der Waals surface area contributed by atoms with Gasteiger partial charge in [-0.2, -0.15) is 0 Å². The summed E-state index contributed by atoms with van der Waals surface area (Å²) in [6.45, 7) is 1.51. The predicted octanol–water partition coefficient (Wildman–Crippen LogP) is 3.08. The summed E-state index contributed by atoms with van der Waals surface area (Å²) in [5.74, 6) is -0.517. The molecule has 0 radical (unpaired) electrons. The van der Waals surface area contributed by atoms with E-state index in [0.29, 0.717) is 22.9 Å². The van der Waals surface area contributed by atoms with E-state index in [4.69, 9.17) is 11.6 Å². The summed E-state index contributed by atoms with van der Waals surface area (Å²) in [7, 11) is 1.72. The first-order valence-corrected chi connectivity index (χ1v) is 8.87. The topological polar surface area (TPSA) is 103 Å². The molecule has 0 spiro atoms. The molecule has 9 heteroatoms. The number of rotatable bonds is 6. The Balaban J connectivity index is 1.81. The Hall–Kier alpha value is -2.97. The van der Waals surface area contributed by atoms with Gasteiger partial charge in [0, 0.05) is 25.0 Å². The summed E-state index contributed by atoms with van der Waals surface area (Å²) in [5.41, 5.74) is 3.08. The number of amides is 1. The zero-order chi connectivity index (χ0) is 20.3. The Morgan fingerprint density at radius 1 is 1.39 bits per heavy atom. The molecule has 1 amide bonds. The van der Waals surface area contributed by atoms with Gasteiger partial charge >= 0.3 is 0 Å². The Morgan fingerprint density at radius 2 is 2.18 bits per heavy atom. The molecular formula is C19H19ClFN5O2. The number of hydrogen-bond acceptors (Lipinski definition) is 5. The van der Waals surface area contributed by atoms with Crippen LogP contribution < -0.4 is 10.6 Å². The molecule has 2 aromatic heterocycles. The number of anilines is 1. The lowest BCUT2D eigenvalue weighted by Crippen LogP contribution is -2.31. The van der Waals surface area contributed by atoms with Crippen LogP contribution >= 0.6 is 11.6 Å². The first-order chi connectivity index (χ1) is 13.4. The van der Waals surface area contributed by atoms with Gasteiger partial charge in [-0.3, -0.25) is 4.79 Å². The van der Waals surface area contributed by atoms with Crippen molar-refractivity contribution in [2.45, 2.75) is 13.0 Å². The lowest BCUT2D eigenvalue weighted by molar-refractivity contribution is 0.0911. The summed E-state index contributed by atoms with van der Waals surface area (Å²) in [6, 6.07) is 4.97. The van der Waals surface area contributed by atoms with Crippen molar-refractivity contribution in [3.63, 3.8) is 0 Å². The van der Waals surface area contributed by atoms with Crippen LogP contribution in [0.15, 0.2) is 36.7 Å². The molecular weight excluding hydrogens is 385 g/mol. The van der Waals surface area contributed by atoms with Gasteiger partial charge in [-0.05, 0) is 36.2 Å². The third-order valence-electron chi connectivity index (χ3n) is 4.23. The van der Waals surface area contributed by atoms with Gasteiger partial charge in [-0.1, -0.05) is 17.7 Å². The minimum absolute atomic E-state index is 0.0769. The quantitative estimate of drug-likeness (QED) is 0.506. The number of hydrogen-bond donors (Lipinski definition) is 4. The number of aliphatic hydroxyl groups is 1. The molecule has 28 heavy (non-hydrogen) atoms. The van der Waals surface area contributed by atoms with Crippen molar-refractivity contribution in [1.29, 1.82) is 0 Å². The second-order valence-electron chi connectivity index (χ2n) is 6.16. The van der Waals surface area contributed by atoms with Crippen molar-refractivity contribution in [1.82, 2.24) is 20.3 Å². The standard InChI is InChI=1S/C19H19ClFN5O2/c1-10-7-24-19(22-2)26-17(10)12-6-15(23-8-12)18(28)25-16(9-27)11-3-4-14(21)13(20)5-11/h3-8,16,23,27H,9H2,1-2H3,(H,25,28)(H,22,24,26). The molecule has 7 nitrogen and oxygen atoms in total. The third-order valence-corrected chi connectivity index (χ3v) is 4.52. The Bertz CT molecular complexity index is 1010. The molecule has 3 rings (SSSR count). The van der Waals surface area contributed by atoms with Crippen molar-refractivity contribution in [2.75, 3.05) is 19.0 Å². The number of halogens is 2. The van der Waals surface area contributed by atoms with Gasteiger partial charge in [0.15, 0.2) is 0 Å². The Morgan fingerprint density at radius 3 is 2.86 bits per heavy atom. The summed E-state index contributed by atoms with van der Waals surface area (Å²) in [4.78, 5) is 24.1. The van der Waals surface area contributed by atoms with E-state index in [1.54, 1.807) is 25.5 Å². The number of aryl methyl sites for hydroxylation is 1. The molecule has 0 saturated heterocycles. The fourth-order valence-electron chi connectivity index (χ4n) is 2.72. The average Bonchev–Trinajstić information content (AvgIpc) is 3.18. The number of aliphatic hydroxyl groups excluding tert-OH is 1. The number of H-pyrrole nitrogens is 1. The second kappa shape index (κ2) is 8.37. The van der Waals surface area contributed by atoms with Crippen LogP contribution in [-0.2, 0) is 0 Å². The fraction of sp³-hybridized carbons (Fsp3) is 0.211. The largest absolute Gasteiger partial charge is 0.394 e. The lowest BCUT2D eigenvalue weighted by Gasteiger charge is -2.16. The first-order valence-electron chi connectivity index (χ1n) is 8.49. The van der Waals surface area contributed by atoms with Gasteiger partial charge in [0.2, 0.25) is 5.95 Å². The molecule has 0 aliphatic heterocycles. The van der Waals surface area contributed by atoms with Crippen LogP contribution in [0.4, 0.5) is 10.3 Å². The summed E-state index contributed by atoms with van der Waals surface area (Å²) >= 11 is 5.79. The lowest BCUT2D eigenvalue weighted by atomic mass is 10.1. The molecule has 0 bridgehead atoms. The molecule has 1 aromatic carbocycles. The summed E-state index contributed by atoms with van der Waals surface area (Å²) < 4.78 is 13.3. The fourth-order valence-corrected chi connectivity index (χ4v) is 2.91. The van der Waals surface area contributed by atoms with Crippen LogP contribution in [0, 0.1) is 12.7 Å². The SMILES string of the molecule is CNc1ncc(C)c(-c2c[nH]c(C(=O)NC(CO)c3ccc(F)c(Cl)c3)c2)n1. The van der Waals surface area contributed by atoms with E-state index in [9.17, 15) is 14.3 Å². The number of benzene rings is 1. The third kappa shape index (κ3) is 4.13. The van der Waals surface area contributed by atoms with E-state index in [1.165, 1.54) is 18.2 Å². The van der Waals surface area contributed by atoms with Crippen LogP contribution in [0.25, 0.3) is 11.3 Å². The van der Waals surface area contributed by atoms with Crippen molar-refractivity contribution in [3.8, 4) is 11.3 Å². The molecule has 0 aliphatic carbocycles. The first kappa shape index (κ1) is 19.8.